The van der Waals surface area contributed by atoms with Gasteiger partial charge in [0.1, 0.15) is 29.5 Å². The maximum atomic E-state index is 13.5. The molecule has 1 saturated carbocycles. The minimum Gasteiger partial charge on any atom is -0.444 e. The minimum absolute atomic E-state index is 0.0339. The second kappa shape index (κ2) is 29.8. The molecule has 1 saturated heterocycles. The molecule has 2 unspecified atom stereocenters. The summed E-state index contributed by atoms with van der Waals surface area (Å²) in [5.41, 5.74) is -0.304. The quantitative estimate of drug-likeness (QED) is 0.118. The normalized spacial score (nSPS) is 16.7. The Kier molecular flexibility index (Phi) is 25.9. The van der Waals surface area contributed by atoms with Gasteiger partial charge in [-0.25, -0.2) is 9.78 Å². The third-order valence-electron chi connectivity index (χ3n) is 9.89. The Morgan fingerprint density at radius 3 is 2.02 bits per heavy atom. The van der Waals surface area contributed by atoms with E-state index in [1.807, 2.05) is 27.7 Å². The van der Waals surface area contributed by atoms with E-state index in [4.69, 9.17) is 4.74 Å². The summed E-state index contributed by atoms with van der Waals surface area (Å²) in [5, 5.41) is 25.9. The molecule has 2 aliphatic rings. The molecule has 20 nitrogen and oxygen atoms in total. The molecule has 66 heavy (non-hydrogen) atoms. The minimum atomic E-state index is -1.80. The van der Waals surface area contributed by atoms with Gasteiger partial charge in [0, 0.05) is 39.6 Å². The Bertz CT molecular complexity index is 1890. The number of carbonyl (C=O) groups excluding carboxylic acids is 8. The average molecular weight is 923 g/mol. The number of nitrogens with zero attached hydrogens (tertiary/aromatic N) is 4. The van der Waals surface area contributed by atoms with Crippen LogP contribution in [0, 0.1) is 24.7 Å². The lowest BCUT2D eigenvalue weighted by atomic mass is 9.83. The molecule has 0 spiro atoms. The lowest BCUT2D eigenvalue weighted by molar-refractivity contribution is -0.135. The number of benzene rings is 1. The molecule has 1 aliphatic heterocycles. The van der Waals surface area contributed by atoms with E-state index in [0.29, 0.717) is 18.4 Å². The van der Waals surface area contributed by atoms with Gasteiger partial charge >= 0.3 is 6.09 Å². The monoisotopic (exact) mass is 923 g/mol. The smallest absolute Gasteiger partial charge is 0.410 e. The van der Waals surface area contributed by atoms with Crippen molar-refractivity contribution in [1.82, 2.24) is 51.7 Å². The summed E-state index contributed by atoms with van der Waals surface area (Å²) in [5.74, 6) is -5.88. The molecule has 5 atom stereocenters. The molecule has 0 bridgehead atoms. The molecule has 0 radical (unpaired) electrons. The molecule has 7 N–H and O–H groups in total. The number of amides is 8. The van der Waals surface area contributed by atoms with Gasteiger partial charge < -0.3 is 51.5 Å². The molecule has 1 aromatic carbocycles. The van der Waals surface area contributed by atoms with Crippen LogP contribution in [-0.2, 0) is 33.5 Å². The largest absolute Gasteiger partial charge is 0.444 e. The second-order valence-electron chi connectivity index (χ2n) is 15.9. The van der Waals surface area contributed by atoms with E-state index in [2.05, 4.69) is 54.7 Å². The SMILES string of the molecule is C#C.CC.CC.CN(C)C(=O)[C@@H](NC(=O)CNC(=O)C(O)CNC(=O)[C@@H]1CN(C(=O)OC(C)(C)C)C[C@@H]1NC(=O)CNC(=O)C(NC(=O)c1cnccn1)C1CCCCC1)c1ccccc1. The molecule has 2 heterocycles. The van der Waals surface area contributed by atoms with E-state index < -0.39 is 103 Å². The van der Waals surface area contributed by atoms with Crippen LogP contribution in [0.15, 0.2) is 48.9 Å². The van der Waals surface area contributed by atoms with Crippen molar-refractivity contribution in [3.8, 4) is 12.8 Å². The van der Waals surface area contributed by atoms with Gasteiger partial charge in [-0.3, -0.25) is 38.5 Å². The summed E-state index contributed by atoms with van der Waals surface area (Å²) in [6, 6.07) is 5.58. The highest BCUT2D eigenvalue weighted by Crippen LogP contribution is 2.27. The number of likely N-dealkylation sites (tertiary alicyclic amines) is 1. The molecule has 2 fully saturated rings. The molecule has 364 valence electrons. The van der Waals surface area contributed by atoms with Crippen molar-refractivity contribution in [2.24, 2.45) is 11.8 Å². The van der Waals surface area contributed by atoms with Gasteiger partial charge in [0.05, 0.1) is 37.8 Å². The summed E-state index contributed by atoms with van der Waals surface area (Å²) in [7, 11) is 3.07. The van der Waals surface area contributed by atoms with Crippen LogP contribution in [-0.4, -0.2) is 143 Å². The Morgan fingerprint density at radius 2 is 1.44 bits per heavy atom. The third-order valence-corrected chi connectivity index (χ3v) is 9.89. The van der Waals surface area contributed by atoms with Crippen molar-refractivity contribution >= 4 is 47.4 Å². The number of nitrogens with one attached hydrogen (secondary N) is 6. The van der Waals surface area contributed by atoms with Gasteiger partial charge in [0.25, 0.3) is 11.8 Å². The van der Waals surface area contributed by atoms with Gasteiger partial charge in [0.15, 0.2) is 0 Å². The third kappa shape index (κ3) is 19.2. The highest BCUT2D eigenvalue weighted by Gasteiger charge is 2.42. The zero-order chi connectivity index (χ0) is 50.0. The number of aliphatic hydroxyl groups is 1. The summed E-state index contributed by atoms with van der Waals surface area (Å²) < 4.78 is 5.48. The van der Waals surface area contributed by atoms with Crippen LogP contribution in [0.5, 0.6) is 0 Å². The van der Waals surface area contributed by atoms with Gasteiger partial charge in [0.2, 0.25) is 29.5 Å². The summed E-state index contributed by atoms with van der Waals surface area (Å²) in [6.45, 7) is 11.0. The maximum Gasteiger partial charge on any atom is 0.410 e. The number of terminal acetylenes is 1. The number of likely N-dealkylation sites (N-methyl/N-ethyl adjacent to an activating group) is 1. The summed E-state index contributed by atoms with van der Waals surface area (Å²) >= 11 is 0. The molecule has 1 aliphatic carbocycles. The number of ether oxygens (including phenoxy) is 1. The van der Waals surface area contributed by atoms with Crippen molar-refractivity contribution in [3.63, 3.8) is 0 Å². The molecule has 8 amide bonds. The number of hydrogen-bond acceptors (Lipinski definition) is 12. The van der Waals surface area contributed by atoms with E-state index in [1.54, 1.807) is 51.1 Å². The van der Waals surface area contributed by atoms with Crippen molar-refractivity contribution in [2.45, 2.75) is 110 Å². The van der Waals surface area contributed by atoms with Crippen LogP contribution in [0.2, 0.25) is 0 Å². The van der Waals surface area contributed by atoms with E-state index in [1.165, 1.54) is 42.5 Å². The Labute approximate surface area is 388 Å². The predicted molar refractivity (Wildman–Crippen MR) is 247 cm³/mol. The Balaban J connectivity index is 0.00000348. The predicted octanol–water partition coefficient (Wildman–Crippen LogP) is 1.46. The van der Waals surface area contributed by atoms with Crippen LogP contribution in [0.4, 0.5) is 4.79 Å². The van der Waals surface area contributed by atoms with Crippen LogP contribution in [0.1, 0.15) is 103 Å². The van der Waals surface area contributed by atoms with Crippen LogP contribution >= 0.6 is 0 Å². The number of rotatable bonds is 16. The lowest BCUT2D eigenvalue weighted by Gasteiger charge is -2.30. The van der Waals surface area contributed by atoms with Gasteiger partial charge in [-0.1, -0.05) is 77.3 Å². The second-order valence-corrected chi connectivity index (χ2v) is 15.9. The van der Waals surface area contributed by atoms with Gasteiger partial charge in [-0.2, -0.15) is 0 Å². The Morgan fingerprint density at radius 1 is 0.833 bits per heavy atom. The standard InChI is InChI=1S/C40H56N10O10.2C2H6.C2H2/c1-40(2,3)60-39(59)50-22-26(34(54)43-19-29(51)36(56)44-21-31(53)47-33(38(58)49(4)5)25-14-10-7-11-15-25)28(23-50)46-30(52)20-45-37(57)32(24-12-8-6-9-13-24)48-35(55)27-18-41-16-17-42-27;3*1-2/h7,10-11,14-18,24,26,28-29,32-33,51H,6,8-9,12-13,19-23H2,1-5H3,(H,43,54)(H,44,56)(H,45,57)(H,46,52)(H,47,53)(H,48,55);2*1-2H3;1-2H/t26-,28+,29?,32?,33+;;;/m1.../s1. The first-order chi connectivity index (χ1) is 31.4. The highest BCUT2D eigenvalue weighted by molar-refractivity contribution is 5.97. The number of hydrogen-bond donors (Lipinski definition) is 7. The molecule has 4 rings (SSSR count). The van der Waals surface area contributed by atoms with Crippen LogP contribution in [0.3, 0.4) is 0 Å². The fourth-order valence-corrected chi connectivity index (χ4v) is 6.83. The topological polar surface area (TPSA) is 270 Å². The van der Waals surface area contributed by atoms with Crippen LogP contribution < -0.4 is 31.9 Å². The summed E-state index contributed by atoms with van der Waals surface area (Å²) in [4.78, 5) is 115. The fraction of sp³-hybridized carbons (Fsp3) is 0.565. The molecule has 1 aromatic heterocycles. The lowest BCUT2D eigenvalue weighted by Crippen LogP contribution is -2.54. The van der Waals surface area contributed by atoms with Gasteiger partial charge in [-0.15, -0.1) is 12.8 Å². The van der Waals surface area contributed by atoms with Gasteiger partial charge in [-0.05, 0) is 45.1 Å². The zero-order valence-electron chi connectivity index (χ0n) is 39.7. The van der Waals surface area contributed by atoms with E-state index in [0.717, 1.165) is 19.3 Å². The molecule has 20 heteroatoms. The number of aromatic nitrogens is 2. The fourth-order valence-electron chi connectivity index (χ4n) is 6.83. The maximum absolute atomic E-state index is 13.5. The van der Waals surface area contributed by atoms with Crippen molar-refractivity contribution in [2.75, 3.05) is 46.8 Å². The molecular weight excluding hydrogens is 853 g/mol. The van der Waals surface area contributed by atoms with E-state index >= 15 is 0 Å². The summed E-state index contributed by atoms with van der Waals surface area (Å²) in [6.07, 6.45) is 13.7. The first-order valence-corrected chi connectivity index (χ1v) is 22.2. The van der Waals surface area contributed by atoms with Crippen molar-refractivity contribution in [3.05, 3.63) is 60.2 Å². The number of aliphatic hydroxyl groups excluding tert-OH is 1. The van der Waals surface area contributed by atoms with Crippen molar-refractivity contribution in [1.29, 1.82) is 0 Å². The van der Waals surface area contributed by atoms with Crippen molar-refractivity contribution < 1.29 is 48.2 Å². The van der Waals surface area contributed by atoms with Crippen LogP contribution in [0.25, 0.3) is 0 Å². The average Bonchev–Trinajstić information content (AvgIpc) is 3.75. The zero-order valence-corrected chi connectivity index (χ0v) is 39.7. The van der Waals surface area contributed by atoms with E-state index in [-0.39, 0.29) is 24.7 Å². The number of carbonyl (C=O) groups is 8. The Hall–Kier alpha value is -6.62. The first kappa shape index (κ1) is 57.4. The van der Waals surface area contributed by atoms with E-state index in [9.17, 15) is 43.5 Å². The molecular formula is C46H70N10O10. The first-order valence-electron chi connectivity index (χ1n) is 22.2. The highest BCUT2D eigenvalue weighted by atomic mass is 16.6. The molecule has 2 aromatic rings.